The van der Waals surface area contributed by atoms with Gasteiger partial charge in [-0.2, -0.15) is 0 Å². The van der Waals surface area contributed by atoms with Crippen molar-refractivity contribution in [3.8, 4) is 0 Å². The van der Waals surface area contributed by atoms with Gasteiger partial charge in [-0.3, -0.25) is 9.59 Å². The lowest BCUT2D eigenvalue weighted by molar-refractivity contribution is -0.131. The van der Waals surface area contributed by atoms with Gasteiger partial charge in [-0.25, -0.2) is 0 Å². The highest BCUT2D eigenvalue weighted by Gasteiger charge is 2.19. The second-order valence-corrected chi connectivity index (χ2v) is 6.72. The van der Waals surface area contributed by atoms with Crippen molar-refractivity contribution >= 4 is 34.9 Å². The third kappa shape index (κ3) is 3.92. The topological polar surface area (TPSA) is 49.4 Å². The Morgan fingerprint density at radius 1 is 1.29 bits per heavy atom. The molecule has 0 saturated carbocycles. The average molecular weight is 340 g/mol. The predicted molar refractivity (Wildman–Crippen MR) is 97.8 cm³/mol. The van der Waals surface area contributed by atoms with E-state index in [4.69, 9.17) is 0 Å². The van der Waals surface area contributed by atoms with Gasteiger partial charge in [0.15, 0.2) is 0 Å². The quantitative estimate of drug-likeness (QED) is 0.863. The van der Waals surface area contributed by atoms with Crippen LogP contribution in [0.5, 0.6) is 0 Å². The Bertz CT molecular complexity index is 766. The summed E-state index contributed by atoms with van der Waals surface area (Å²) in [6, 6.07) is 9.86. The van der Waals surface area contributed by atoms with Crippen LogP contribution < -0.4 is 5.32 Å². The maximum Gasteiger partial charge on any atom is 0.248 e. The van der Waals surface area contributed by atoms with Crippen molar-refractivity contribution in [1.29, 1.82) is 0 Å². The minimum atomic E-state index is -0.152. The molecule has 4 nitrogen and oxygen atoms in total. The Balaban J connectivity index is 1.67. The number of anilines is 1. The summed E-state index contributed by atoms with van der Waals surface area (Å²) < 4.78 is 0. The predicted octanol–water partition coefficient (Wildman–Crippen LogP) is 3.69. The van der Waals surface area contributed by atoms with Gasteiger partial charge < -0.3 is 10.2 Å². The Morgan fingerprint density at radius 2 is 2.17 bits per heavy atom. The van der Waals surface area contributed by atoms with Crippen molar-refractivity contribution in [2.75, 3.05) is 11.9 Å². The van der Waals surface area contributed by atoms with Gasteiger partial charge in [-0.1, -0.05) is 19.1 Å². The summed E-state index contributed by atoms with van der Waals surface area (Å²) >= 11 is 1.59. The van der Waals surface area contributed by atoms with Crippen LogP contribution in [0.1, 0.15) is 29.3 Å². The summed E-state index contributed by atoms with van der Waals surface area (Å²) in [6.07, 6.45) is 4.74. The molecule has 2 heterocycles. The van der Waals surface area contributed by atoms with Gasteiger partial charge in [0.1, 0.15) is 0 Å². The van der Waals surface area contributed by atoms with E-state index in [0.717, 1.165) is 29.1 Å². The molecule has 3 rings (SSSR count). The molecule has 5 heteroatoms. The highest BCUT2D eigenvalue weighted by atomic mass is 32.1. The smallest absolute Gasteiger partial charge is 0.248 e. The van der Waals surface area contributed by atoms with E-state index in [2.05, 4.69) is 5.32 Å². The summed E-state index contributed by atoms with van der Waals surface area (Å²) in [6.45, 7) is 3.28. The summed E-state index contributed by atoms with van der Waals surface area (Å²) in [5.74, 6) is 0.0228. The Labute approximate surface area is 145 Å². The van der Waals surface area contributed by atoms with Crippen LogP contribution in [0.15, 0.2) is 41.8 Å². The first-order chi connectivity index (χ1) is 11.7. The van der Waals surface area contributed by atoms with Crippen LogP contribution >= 0.6 is 11.3 Å². The van der Waals surface area contributed by atoms with Crippen molar-refractivity contribution in [3.05, 3.63) is 57.8 Å². The number of fused-ring (bicyclic) bond motifs is 1. The molecule has 0 spiro atoms. The molecule has 1 aromatic heterocycles. The van der Waals surface area contributed by atoms with Crippen LogP contribution in [0.2, 0.25) is 0 Å². The third-order valence-corrected chi connectivity index (χ3v) is 4.92. The number of nitrogens with zero attached hydrogens (tertiary/aromatic N) is 1. The number of nitrogens with one attached hydrogen (secondary N) is 1. The van der Waals surface area contributed by atoms with E-state index >= 15 is 0 Å². The largest absolute Gasteiger partial charge is 0.338 e. The van der Waals surface area contributed by atoms with Crippen LogP contribution in [0.25, 0.3) is 6.08 Å². The van der Waals surface area contributed by atoms with Crippen molar-refractivity contribution in [2.45, 2.75) is 26.3 Å². The maximum absolute atomic E-state index is 12.0. The van der Waals surface area contributed by atoms with Crippen LogP contribution in [0, 0.1) is 0 Å². The molecule has 0 aliphatic carbocycles. The number of hydrogen-bond donors (Lipinski definition) is 1. The SMILES string of the molecule is CCC(=O)N1CCc2ccc(NC(=O)C=Cc3cccs3)cc2C1. The van der Waals surface area contributed by atoms with Crippen molar-refractivity contribution < 1.29 is 9.59 Å². The number of carbonyl (C=O) groups excluding carboxylic acids is 2. The van der Waals surface area contributed by atoms with E-state index in [1.54, 1.807) is 17.4 Å². The molecule has 0 radical (unpaired) electrons. The van der Waals surface area contributed by atoms with Gasteiger partial charge >= 0.3 is 0 Å². The number of rotatable bonds is 4. The molecule has 124 valence electrons. The Morgan fingerprint density at radius 3 is 2.92 bits per heavy atom. The van der Waals surface area contributed by atoms with E-state index in [9.17, 15) is 9.59 Å². The highest BCUT2D eigenvalue weighted by molar-refractivity contribution is 7.10. The van der Waals surface area contributed by atoms with Crippen LogP contribution in [0.3, 0.4) is 0 Å². The molecule has 0 saturated heterocycles. The fraction of sp³-hybridized carbons (Fsp3) is 0.263. The summed E-state index contributed by atoms with van der Waals surface area (Å²) in [7, 11) is 0. The first kappa shape index (κ1) is 16.5. The highest BCUT2D eigenvalue weighted by Crippen LogP contribution is 2.23. The molecule has 0 unspecified atom stereocenters. The van der Waals surface area contributed by atoms with Gasteiger partial charge in [-0.15, -0.1) is 11.3 Å². The molecule has 1 aliphatic rings. The van der Waals surface area contributed by atoms with Crippen LogP contribution in [0.4, 0.5) is 5.69 Å². The lowest BCUT2D eigenvalue weighted by atomic mass is 9.99. The Hall–Kier alpha value is -2.40. The van der Waals surface area contributed by atoms with Gasteiger partial charge in [0, 0.05) is 36.2 Å². The monoisotopic (exact) mass is 340 g/mol. The van der Waals surface area contributed by atoms with E-state index < -0.39 is 0 Å². The first-order valence-electron chi connectivity index (χ1n) is 8.08. The lowest BCUT2D eigenvalue weighted by Crippen LogP contribution is -2.35. The fourth-order valence-electron chi connectivity index (χ4n) is 2.80. The lowest BCUT2D eigenvalue weighted by Gasteiger charge is -2.29. The van der Waals surface area contributed by atoms with E-state index in [-0.39, 0.29) is 11.8 Å². The molecule has 1 aromatic carbocycles. The number of amides is 2. The van der Waals surface area contributed by atoms with E-state index in [1.807, 2.05) is 47.5 Å². The number of benzene rings is 1. The maximum atomic E-state index is 12.0. The van der Waals surface area contributed by atoms with Crippen LogP contribution in [-0.2, 0) is 22.6 Å². The molecule has 24 heavy (non-hydrogen) atoms. The molecule has 1 N–H and O–H groups in total. The van der Waals surface area contributed by atoms with Gasteiger partial charge in [0.2, 0.25) is 11.8 Å². The minimum absolute atomic E-state index is 0.152. The van der Waals surface area contributed by atoms with Crippen molar-refractivity contribution in [2.24, 2.45) is 0 Å². The standard InChI is InChI=1S/C19H20N2O2S/c1-2-19(23)21-10-9-14-5-6-16(12-15(14)13-21)20-18(22)8-7-17-4-3-11-24-17/h3-8,11-12H,2,9-10,13H2,1H3,(H,20,22). The van der Waals surface area contributed by atoms with Crippen LogP contribution in [-0.4, -0.2) is 23.3 Å². The normalized spacial score (nSPS) is 13.8. The average Bonchev–Trinajstić information content (AvgIpc) is 3.12. The Kier molecular flexibility index (Phi) is 5.11. The summed E-state index contributed by atoms with van der Waals surface area (Å²) in [5, 5.41) is 4.86. The molecule has 0 atom stereocenters. The summed E-state index contributed by atoms with van der Waals surface area (Å²) in [4.78, 5) is 26.8. The van der Waals surface area contributed by atoms with Crippen molar-refractivity contribution in [3.63, 3.8) is 0 Å². The van der Waals surface area contributed by atoms with Crippen molar-refractivity contribution in [1.82, 2.24) is 4.90 Å². The van der Waals surface area contributed by atoms with E-state index in [0.29, 0.717) is 13.0 Å². The third-order valence-electron chi connectivity index (χ3n) is 4.08. The second-order valence-electron chi connectivity index (χ2n) is 5.74. The second kappa shape index (κ2) is 7.45. The fourth-order valence-corrected chi connectivity index (χ4v) is 3.42. The molecule has 2 aromatic rings. The number of hydrogen-bond acceptors (Lipinski definition) is 3. The molecule has 0 bridgehead atoms. The molecule has 0 fully saturated rings. The minimum Gasteiger partial charge on any atom is -0.338 e. The zero-order valence-electron chi connectivity index (χ0n) is 13.6. The number of thiophene rings is 1. The molecular formula is C19H20N2O2S. The van der Waals surface area contributed by atoms with Gasteiger partial charge in [0.05, 0.1) is 0 Å². The molecular weight excluding hydrogens is 320 g/mol. The first-order valence-corrected chi connectivity index (χ1v) is 8.96. The van der Waals surface area contributed by atoms with Gasteiger partial charge in [0.25, 0.3) is 0 Å². The van der Waals surface area contributed by atoms with E-state index in [1.165, 1.54) is 11.6 Å². The molecule has 1 aliphatic heterocycles. The van der Waals surface area contributed by atoms with Gasteiger partial charge in [-0.05, 0) is 47.2 Å². The molecule has 2 amide bonds. The zero-order valence-corrected chi connectivity index (χ0v) is 14.4. The zero-order chi connectivity index (χ0) is 16.9. The summed E-state index contributed by atoms with van der Waals surface area (Å²) in [5.41, 5.74) is 3.13. The number of carbonyl (C=O) groups is 2.